The van der Waals surface area contributed by atoms with Crippen molar-refractivity contribution in [3.8, 4) is 0 Å². The van der Waals surface area contributed by atoms with Crippen LogP contribution in [0.15, 0.2) is 12.2 Å². The summed E-state index contributed by atoms with van der Waals surface area (Å²) in [7, 11) is 3.68. The fourth-order valence-corrected chi connectivity index (χ4v) is 5.82. The zero-order chi connectivity index (χ0) is 22.7. The molecule has 0 bridgehead atoms. The Hall–Kier alpha value is -0.240. The summed E-state index contributed by atoms with van der Waals surface area (Å²) in [6.45, 7) is 4.20. The number of hydrogen-bond acceptors (Lipinski definition) is 2. The van der Waals surface area contributed by atoms with Gasteiger partial charge in [0.1, 0.15) is 0 Å². The highest BCUT2D eigenvalue weighted by Crippen LogP contribution is 2.45. The maximum Gasteiger partial charge on any atom is 0.376 e. The fraction of sp³-hybridized carbons (Fsp3) is 0.923. The normalized spacial score (nSPS) is 14.9. The van der Waals surface area contributed by atoms with Crippen LogP contribution in [0.4, 0.5) is 0 Å². The molecule has 0 N–H and O–H groups in total. The second kappa shape index (κ2) is 18.3. The number of hydrogen-bond donors (Lipinski definition) is 0. The highest BCUT2D eigenvalue weighted by molar-refractivity contribution is 7.38. The molecule has 0 aromatic heterocycles. The number of nitrogens with zero attached hydrogens (tertiary/aromatic N) is 1. The summed E-state index contributed by atoms with van der Waals surface area (Å²) >= 11 is 0. The minimum atomic E-state index is -2.42. The van der Waals surface area contributed by atoms with Gasteiger partial charge in [-0.25, -0.2) is 0 Å². The summed E-state index contributed by atoms with van der Waals surface area (Å²) < 4.78 is 12.6. The Morgan fingerprint density at radius 2 is 1.13 bits per heavy atom. The standard InChI is InChI=1S/C26H53NO2P/c1-6-8-9-10-11-12-13-14-15-16-17-18-19-20-21-22-23-25-26(24-7-2,30(28)29)27(3,4)5/h6,8H,7,9-25H2,1-5H3/q+1/b8-6-. The third kappa shape index (κ3) is 13.2. The van der Waals surface area contributed by atoms with Crippen molar-refractivity contribution in [3.63, 3.8) is 0 Å². The van der Waals surface area contributed by atoms with Gasteiger partial charge < -0.3 is 4.89 Å². The molecule has 0 aliphatic heterocycles. The van der Waals surface area contributed by atoms with Gasteiger partial charge in [0.25, 0.3) is 5.28 Å². The lowest BCUT2D eigenvalue weighted by Gasteiger charge is -2.39. The molecule has 0 saturated heterocycles. The summed E-state index contributed by atoms with van der Waals surface area (Å²) in [6, 6.07) is 0. The Morgan fingerprint density at radius 3 is 1.47 bits per heavy atom. The molecule has 0 radical (unpaired) electrons. The van der Waals surface area contributed by atoms with E-state index in [-0.39, 0.29) is 0 Å². The first-order valence-electron chi connectivity index (χ1n) is 12.9. The monoisotopic (exact) mass is 442 g/mol. The van der Waals surface area contributed by atoms with Gasteiger partial charge in [-0.1, -0.05) is 101 Å². The van der Waals surface area contributed by atoms with E-state index in [2.05, 4.69) is 26.0 Å². The summed E-state index contributed by atoms with van der Waals surface area (Å²) in [6.07, 6.45) is 26.8. The highest BCUT2D eigenvalue weighted by atomic mass is 31.1. The van der Waals surface area contributed by atoms with Gasteiger partial charge in [-0.15, -0.1) is 0 Å². The molecule has 0 amide bonds. The molecule has 0 aromatic rings. The SMILES string of the molecule is C/C=C\CCCCCCCCCCCCCCCCC(CCC)([P+](=O)[O-])[N+](C)(C)C. The first kappa shape index (κ1) is 29.8. The van der Waals surface area contributed by atoms with Crippen LogP contribution in [0, 0.1) is 0 Å². The number of allylic oxidation sites excluding steroid dienone is 2. The Labute approximate surface area is 190 Å². The molecule has 2 atom stereocenters. The van der Waals surface area contributed by atoms with E-state index >= 15 is 0 Å². The Bertz CT molecular complexity index is 445. The second-order valence-electron chi connectivity index (χ2n) is 10.1. The first-order valence-corrected chi connectivity index (χ1v) is 14.1. The summed E-state index contributed by atoms with van der Waals surface area (Å²) in [5, 5.41) is -0.587. The molecular weight excluding hydrogens is 389 g/mol. The van der Waals surface area contributed by atoms with Crippen LogP contribution in [0.25, 0.3) is 0 Å². The van der Waals surface area contributed by atoms with Crippen molar-refractivity contribution in [3.05, 3.63) is 12.2 Å². The maximum atomic E-state index is 12.1. The Morgan fingerprint density at radius 1 is 0.733 bits per heavy atom. The number of quaternary nitrogens is 1. The zero-order valence-electron chi connectivity index (χ0n) is 21.1. The van der Waals surface area contributed by atoms with Crippen molar-refractivity contribution < 1.29 is 13.9 Å². The second-order valence-corrected chi connectivity index (χ2v) is 11.4. The quantitative estimate of drug-likeness (QED) is 0.0779. The van der Waals surface area contributed by atoms with Gasteiger partial charge in [-0.05, 0) is 32.6 Å². The molecule has 4 heteroatoms. The van der Waals surface area contributed by atoms with Gasteiger partial charge in [0, 0.05) is 12.8 Å². The molecule has 0 rings (SSSR count). The van der Waals surface area contributed by atoms with Crippen LogP contribution in [-0.2, 0) is 4.57 Å². The molecule has 0 heterocycles. The van der Waals surface area contributed by atoms with Crippen molar-refractivity contribution in [1.29, 1.82) is 0 Å². The van der Waals surface area contributed by atoms with Crippen LogP contribution in [-0.4, -0.2) is 30.9 Å². The third-order valence-electron chi connectivity index (χ3n) is 6.67. The Kier molecular flexibility index (Phi) is 18.2. The van der Waals surface area contributed by atoms with Gasteiger partial charge in [-0.3, -0.25) is 4.48 Å². The lowest BCUT2D eigenvalue weighted by molar-refractivity contribution is -0.910. The molecule has 0 saturated carbocycles. The molecule has 0 aliphatic carbocycles. The van der Waals surface area contributed by atoms with Crippen LogP contribution in [0.3, 0.4) is 0 Å². The lowest BCUT2D eigenvalue weighted by Crippen LogP contribution is -2.55. The van der Waals surface area contributed by atoms with Crippen LogP contribution < -0.4 is 4.89 Å². The molecule has 0 aliphatic rings. The van der Waals surface area contributed by atoms with Crippen molar-refractivity contribution in [2.45, 2.75) is 135 Å². The van der Waals surface area contributed by atoms with E-state index in [0.717, 1.165) is 25.7 Å². The Balaban J connectivity index is 3.64. The molecule has 30 heavy (non-hydrogen) atoms. The zero-order valence-corrected chi connectivity index (χ0v) is 22.0. The van der Waals surface area contributed by atoms with Crippen LogP contribution >= 0.6 is 8.03 Å². The van der Waals surface area contributed by atoms with Crippen LogP contribution in [0.5, 0.6) is 0 Å². The maximum absolute atomic E-state index is 12.1. The molecule has 178 valence electrons. The predicted molar refractivity (Wildman–Crippen MR) is 132 cm³/mol. The summed E-state index contributed by atoms with van der Waals surface area (Å²) in [5.74, 6) is 0. The number of rotatable bonds is 21. The lowest BCUT2D eigenvalue weighted by atomic mass is 9.99. The molecular formula is C26H53NO2P+. The molecule has 2 unspecified atom stereocenters. The largest absolute Gasteiger partial charge is 0.590 e. The van der Waals surface area contributed by atoms with Gasteiger partial charge >= 0.3 is 8.03 Å². The van der Waals surface area contributed by atoms with E-state index in [9.17, 15) is 9.46 Å². The predicted octanol–water partition coefficient (Wildman–Crippen LogP) is 8.11. The summed E-state index contributed by atoms with van der Waals surface area (Å²) in [4.78, 5) is 12.1. The molecule has 3 nitrogen and oxygen atoms in total. The smallest absolute Gasteiger partial charge is 0.376 e. The topological polar surface area (TPSA) is 40.1 Å². The van der Waals surface area contributed by atoms with E-state index in [1.54, 1.807) is 0 Å². The first-order chi connectivity index (χ1) is 14.3. The number of unbranched alkanes of at least 4 members (excludes halogenated alkanes) is 14. The average molecular weight is 443 g/mol. The minimum Gasteiger partial charge on any atom is -0.590 e. The molecule has 0 fully saturated rings. The van der Waals surface area contributed by atoms with Crippen LogP contribution in [0.1, 0.15) is 129 Å². The van der Waals surface area contributed by atoms with Crippen molar-refractivity contribution in [2.75, 3.05) is 21.1 Å². The van der Waals surface area contributed by atoms with E-state index in [1.165, 1.54) is 89.9 Å². The van der Waals surface area contributed by atoms with E-state index in [1.807, 2.05) is 21.1 Å². The molecule has 0 spiro atoms. The molecule has 0 aromatic carbocycles. The van der Waals surface area contributed by atoms with Crippen molar-refractivity contribution in [2.24, 2.45) is 0 Å². The van der Waals surface area contributed by atoms with Crippen LogP contribution in [0.2, 0.25) is 0 Å². The summed E-state index contributed by atoms with van der Waals surface area (Å²) in [5.41, 5.74) is 0. The minimum absolute atomic E-state index is 0.524. The van der Waals surface area contributed by atoms with Gasteiger partial charge in [0.2, 0.25) is 0 Å². The van der Waals surface area contributed by atoms with E-state index in [4.69, 9.17) is 0 Å². The van der Waals surface area contributed by atoms with Crippen molar-refractivity contribution in [1.82, 2.24) is 0 Å². The third-order valence-corrected chi connectivity index (χ3v) is 8.40. The van der Waals surface area contributed by atoms with E-state index in [0.29, 0.717) is 4.48 Å². The average Bonchev–Trinajstić information content (AvgIpc) is 2.68. The van der Waals surface area contributed by atoms with Gasteiger partial charge in [0.15, 0.2) is 0 Å². The van der Waals surface area contributed by atoms with Gasteiger partial charge in [-0.2, -0.15) is 0 Å². The van der Waals surface area contributed by atoms with E-state index < -0.39 is 13.3 Å². The van der Waals surface area contributed by atoms with Gasteiger partial charge in [0.05, 0.1) is 21.1 Å². The fourth-order valence-electron chi connectivity index (χ4n) is 4.58. The highest BCUT2D eigenvalue weighted by Gasteiger charge is 2.53. The van der Waals surface area contributed by atoms with Crippen molar-refractivity contribution >= 4 is 8.03 Å².